The van der Waals surface area contributed by atoms with Gasteiger partial charge in [-0.1, -0.05) is 27.7 Å². The van der Waals surface area contributed by atoms with Gasteiger partial charge in [-0.2, -0.15) is 0 Å². The molecule has 42 heavy (non-hydrogen) atoms. The molecule has 0 fully saturated rings. The lowest BCUT2D eigenvalue weighted by Crippen LogP contribution is -2.49. The minimum Gasteiger partial charge on any atom is -0.444 e. The zero-order valence-electron chi connectivity index (χ0n) is 27.8. The van der Waals surface area contributed by atoms with Gasteiger partial charge in [-0.3, -0.25) is 14.4 Å². The van der Waals surface area contributed by atoms with E-state index in [2.05, 4.69) is 21.3 Å². The molecule has 0 aromatic heterocycles. The number of amides is 5. The van der Waals surface area contributed by atoms with Crippen molar-refractivity contribution in [3.63, 3.8) is 0 Å². The molecule has 0 radical (unpaired) electrons. The van der Waals surface area contributed by atoms with Gasteiger partial charge in [0.15, 0.2) is 0 Å². The van der Waals surface area contributed by atoms with Gasteiger partial charge in [0.25, 0.3) is 0 Å². The van der Waals surface area contributed by atoms with Gasteiger partial charge in [-0.15, -0.1) is 0 Å². The molecule has 0 spiro atoms. The molecule has 2 atom stereocenters. The third-order valence-corrected chi connectivity index (χ3v) is 5.68. The largest absolute Gasteiger partial charge is 0.444 e. The Hall–Kier alpha value is -3.05. The summed E-state index contributed by atoms with van der Waals surface area (Å²) in [6, 6.07) is -1.45. The molecule has 12 nitrogen and oxygen atoms in total. The van der Waals surface area contributed by atoms with Crippen molar-refractivity contribution in [1.82, 2.24) is 26.2 Å². The second-order valence-electron chi connectivity index (χ2n) is 13.5. The van der Waals surface area contributed by atoms with Crippen LogP contribution in [0.1, 0.15) is 102 Å². The van der Waals surface area contributed by atoms with Crippen LogP contribution >= 0.6 is 0 Å². The lowest BCUT2D eigenvalue weighted by molar-refractivity contribution is -0.128. The van der Waals surface area contributed by atoms with Crippen LogP contribution in [0.2, 0.25) is 0 Å². The van der Waals surface area contributed by atoms with Crippen LogP contribution in [0.25, 0.3) is 0 Å². The summed E-state index contributed by atoms with van der Waals surface area (Å²) in [5.74, 6) is -0.359. The Labute approximate surface area is 252 Å². The van der Waals surface area contributed by atoms with Crippen molar-refractivity contribution in [3.05, 3.63) is 0 Å². The third kappa shape index (κ3) is 19.9. The first-order chi connectivity index (χ1) is 19.2. The molecule has 4 N–H and O–H groups in total. The van der Waals surface area contributed by atoms with E-state index in [1.165, 1.54) is 6.92 Å². The van der Waals surface area contributed by atoms with E-state index in [9.17, 15) is 24.0 Å². The predicted octanol–water partition coefficient (Wildman–Crippen LogP) is 3.73. The fraction of sp³-hybridized carbons (Fsp3) is 0.833. The zero-order valence-corrected chi connectivity index (χ0v) is 27.8. The number of ether oxygens (including phenoxy) is 2. The van der Waals surface area contributed by atoms with Gasteiger partial charge < -0.3 is 35.6 Å². The zero-order chi connectivity index (χ0) is 32.7. The van der Waals surface area contributed by atoms with Crippen LogP contribution in [0.3, 0.4) is 0 Å². The summed E-state index contributed by atoms with van der Waals surface area (Å²) in [5, 5.41) is 11.0. The van der Waals surface area contributed by atoms with Gasteiger partial charge in [0.1, 0.15) is 23.3 Å². The van der Waals surface area contributed by atoms with Crippen LogP contribution in [0.4, 0.5) is 9.59 Å². The molecule has 12 heteroatoms. The number of nitrogens with one attached hydrogen (secondary N) is 4. The number of hydrogen-bond acceptors (Lipinski definition) is 7. The maximum Gasteiger partial charge on any atom is 0.408 e. The van der Waals surface area contributed by atoms with Crippen LogP contribution in [0.5, 0.6) is 0 Å². The number of hydrogen-bond donors (Lipinski definition) is 4. The van der Waals surface area contributed by atoms with Crippen LogP contribution in [0, 0.1) is 11.8 Å². The Bertz CT molecular complexity index is 814. The van der Waals surface area contributed by atoms with Gasteiger partial charge in [0, 0.05) is 33.1 Å². The van der Waals surface area contributed by atoms with Crippen molar-refractivity contribution in [1.29, 1.82) is 0 Å². The van der Waals surface area contributed by atoms with E-state index in [1.54, 1.807) is 46.4 Å². The average Bonchev–Trinajstić information content (AvgIpc) is 2.78. The number of alkyl carbamates (subject to hydrolysis) is 2. The molecule has 0 aromatic rings. The molecule has 0 heterocycles. The summed E-state index contributed by atoms with van der Waals surface area (Å²) in [6.07, 6.45) is 0.677. The van der Waals surface area contributed by atoms with E-state index < -0.39 is 35.5 Å². The van der Waals surface area contributed by atoms with Crippen molar-refractivity contribution >= 4 is 29.9 Å². The summed E-state index contributed by atoms with van der Waals surface area (Å²) in [6.45, 7) is 21.4. The van der Waals surface area contributed by atoms with Gasteiger partial charge in [0.05, 0.1) is 0 Å². The van der Waals surface area contributed by atoms with E-state index in [4.69, 9.17) is 9.47 Å². The summed E-state index contributed by atoms with van der Waals surface area (Å²) < 4.78 is 10.6. The Morgan fingerprint density at radius 3 is 1.24 bits per heavy atom. The molecular weight excluding hydrogens is 542 g/mol. The number of carbonyl (C=O) groups excluding carboxylic acids is 5. The SMILES string of the molecule is CC(=O)N(CCCNC(=O)[C@H](CC(C)C)NC(=O)OC(C)(C)C)CCCNC(=O)[C@H](CC(C)C)NC(=O)OC(C)(C)C. The number of nitrogens with zero attached hydrogens (tertiary/aromatic N) is 1. The van der Waals surface area contributed by atoms with Crippen molar-refractivity contribution in [2.24, 2.45) is 11.8 Å². The molecule has 0 aliphatic carbocycles. The second-order valence-corrected chi connectivity index (χ2v) is 13.5. The molecule has 0 saturated heterocycles. The van der Waals surface area contributed by atoms with Crippen LogP contribution < -0.4 is 21.3 Å². The highest BCUT2D eigenvalue weighted by Gasteiger charge is 2.26. The van der Waals surface area contributed by atoms with Crippen LogP contribution in [0.15, 0.2) is 0 Å². The molecule has 0 unspecified atom stereocenters. The highest BCUT2D eigenvalue weighted by atomic mass is 16.6. The maximum absolute atomic E-state index is 12.8. The van der Waals surface area contributed by atoms with E-state index in [0.717, 1.165) is 0 Å². The lowest BCUT2D eigenvalue weighted by Gasteiger charge is -2.25. The third-order valence-electron chi connectivity index (χ3n) is 5.68. The van der Waals surface area contributed by atoms with Crippen molar-refractivity contribution in [2.75, 3.05) is 26.2 Å². The lowest BCUT2D eigenvalue weighted by atomic mass is 10.0. The molecule has 0 aromatic carbocycles. The molecule has 0 rings (SSSR count). The molecular formula is C30H57N5O7. The predicted molar refractivity (Wildman–Crippen MR) is 163 cm³/mol. The summed E-state index contributed by atoms with van der Waals surface area (Å²) in [7, 11) is 0. The average molecular weight is 600 g/mol. The minimum absolute atomic E-state index is 0.110. The Morgan fingerprint density at radius 2 is 0.976 bits per heavy atom. The molecule has 5 amide bonds. The Balaban J connectivity index is 4.74. The fourth-order valence-electron chi connectivity index (χ4n) is 3.94. The summed E-state index contributed by atoms with van der Waals surface area (Å²) in [4.78, 5) is 63.7. The summed E-state index contributed by atoms with van der Waals surface area (Å²) >= 11 is 0. The highest BCUT2D eigenvalue weighted by molar-refractivity contribution is 5.86. The second kappa shape index (κ2) is 18.5. The quantitative estimate of drug-likeness (QED) is 0.197. The summed E-state index contributed by atoms with van der Waals surface area (Å²) in [5.41, 5.74) is -1.34. The smallest absolute Gasteiger partial charge is 0.408 e. The Kier molecular flexibility index (Phi) is 17.1. The first-order valence-electron chi connectivity index (χ1n) is 15.0. The first kappa shape index (κ1) is 39.0. The number of carbonyl (C=O) groups is 5. The van der Waals surface area contributed by atoms with Crippen molar-refractivity contribution in [3.8, 4) is 0 Å². The standard InChI is InChI=1S/C30H57N5O7/c1-20(2)18-23(33-27(39)41-29(6,7)8)25(37)31-14-12-16-35(22(5)36)17-13-15-32-26(38)24(19-21(3)4)34-28(40)42-30(9,10)11/h20-21,23-24H,12-19H2,1-11H3,(H,31,37)(H,32,38)(H,33,39)(H,34,40)/t23-,24-/m0/s1. The highest BCUT2D eigenvalue weighted by Crippen LogP contribution is 2.11. The minimum atomic E-state index is -0.725. The first-order valence-corrected chi connectivity index (χ1v) is 15.0. The molecule has 0 bridgehead atoms. The molecule has 244 valence electrons. The van der Waals surface area contributed by atoms with E-state index in [0.29, 0.717) is 51.9 Å². The topological polar surface area (TPSA) is 155 Å². The van der Waals surface area contributed by atoms with Crippen molar-refractivity contribution < 1.29 is 33.4 Å². The van der Waals surface area contributed by atoms with Crippen molar-refractivity contribution in [2.45, 2.75) is 125 Å². The van der Waals surface area contributed by atoms with Crippen LogP contribution in [-0.4, -0.2) is 84.3 Å². The van der Waals surface area contributed by atoms with Gasteiger partial charge in [0.2, 0.25) is 17.7 Å². The monoisotopic (exact) mass is 599 g/mol. The van der Waals surface area contributed by atoms with Gasteiger partial charge >= 0.3 is 12.2 Å². The van der Waals surface area contributed by atoms with E-state index >= 15 is 0 Å². The van der Waals surface area contributed by atoms with Crippen LogP contribution in [-0.2, 0) is 23.9 Å². The number of rotatable bonds is 16. The van der Waals surface area contributed by atoms with Gasteiger partial charge in [-0.05, 0) is 79.1 Å². The fourth-order valence-corrected chi connectivity index (χ4v) is 3.94. The Morgan fingerprint density at radius 1 is 0.643 bits per heavy atom. The van der Waals surface area contributed by atoms with E-state index in [-0.39, 0.29) is 29.6 Å². The molecule has 0 aliphatic rings. The van der Waals surface area contributed by atoms with E-state index in [1.807, 2.05) is 27.7 Å². The van der Waals surface area contributed by atoms with Gasteiger partial charge in [-0.25, -0.2) is 9.59 Å². The molecule has 0 saturated carbocycles. The molecule has 0 aliphatic heterocycles. The normalized spacial score (nSPS) is 13.2. The maximum atomic E-state index is 12.8.